The second-order valence-corrected chi connectivity index (χ2v) is 6.85. The van der Waals surface area contributed by atoms with Crippen LogP contribution in [-0.4, -0.2) is 51.2 Å². The molecule has 0 spiro atoms. The summed E-state index contributed by atoms with van der Waals surface area (Å²) in [6, 6.07) is 12.3. The predicted molar refractivity (Wildman–Crippen MR) is 105 cm³/mol. The lowest BCUT2D eigenvalue weighted by Crippen LogP contribution is -2.50. The molecular weight excluding hydrogens is 355 g/mol. The number of benzene rings is 2. The number of halogens is 2. The molecule has 7 heteroatoms. The maximum absolute atomic E-state index is 13.2. The van der Waals surface area contributed by atoms with Crippen LogP contribution in [0.5, 0.6) is 0 Å². The minimum absolute atomic E-state index is 0.00575. The molecule has 2 aromatic rings. The quantitative estimate of drug-likeness (QED) is 0.883. The third kappa shape index (κ3) is 4.19. The third-order valence-corrected chi connectivity index (χ3v) is 4.76. The largest absolute Gasteiger partial charge is 0.378 e. The molecule has 1 N–H and O–H groups in total. The minimum atomic E-state index is -0.501. The Morgan fingerprint density at radius 2 is 1.73 bits per heavy atom. The van der Waals surface area contributed by atoms with E-state index in [2.05, 4.69) is 39.4 Å². The summed E-state index contributed by atoms with van der Waals surface area (Å²) in [6.07, 6.45) is 0. The molecule has 0 saturated carbocycles. The van der Waals surface area contributed by atoms with Crippen LogP contribution in [0.25, 0.3) is 0 Å². The van der Waals surface area contributed by atoms with E-state index >= 15 is 0 Å². The van der Waals surface area contributed by atoms with Gasteiger partial charge in [-0.15, -0.1) is 0 Å². The Balaban J connectivity index is 1.55. The highest BCUT2D eigenvalue weighted by Crippen LogP contribution is 2.22. The summed E-state index contributed by atoms with van der Waals surface area (Å²) in [5.41, 5.74) is 2.80. The van der Waals surface area contributed by atoms with Crippen molar-refractivity contribution in [1.29, 1.82) is 0 Å². The summed E-state index contributed by atoms with van der Waals surface area (Å²) in [4.78, 5) is 18.5. The van der Waals surface area contributed by atoms with Crippen LogP contribution in [0.4, 0.5) is 26.2 Å². The maximum atomic E-state index is 13.2. The molecule has 0 bridgehead atoms. The van der Waals surface area contributed by atoms with E-state index in [0.717, 1.165) is 24.5 Å². The average Bonchev–Trinajstić information content (AvgIpc) is 2.65. The fourth-order valence-corrected chi connectivity index (χ4v) is 3.09. The van der Waals surface area contributed by atoms with Gasteiger partial charge in [-0.1, -0.05) is 11.6 Å². The van der Waals surface area contributed by atoms with Crippen molar-refractivity contribution in [2.75, 3.05) is 55.4 Å². The fraction of sp³-hybridized carbons (Fsp3) is 0.316. The van der Waals surface area contributed by atoms with Crippen LogP contribution >= 0.6 is 11.6 Å². The van der Waals surface area contributed by atoms with Gasteiger partial charge in [0.2, 0.25) is 0 Å². The van der Waals surface area contributed by atoms with Gasteiger partial charge in [0, 0.05) is 57.3 Å². The molecule has 0 radical (unpaired) electrons. The second-order valence-electron chi connectivity index (χ2n) is 6.44. The van der Waals surface area contributed by atoms with Gasteiger partial charge in [-0.05, 0) is 42.5 Å². The van der Waals surface area contributed by atoms with Crippen molar-refractivity contribution in [1.82, 2.24) is 4.90 Å². The molecular formula is C19H22ClFN4O. The molecule has 1 heterocycles. The van der Waals surface area contributed by atoms with Crippen molar-refractivity contribution < 1.29 is 9.18 Å². The van der Waals surface area contributed by atoms with E-state index in [9.17, 15) is 9.18 Å². The number of carbonyl (C=O) groups excluding carboxylic acids is 1. The van der Waals surface area contributed by atoms with E-state index in [0.29, 0.717) is 18.8 Å². The third-order valence-electron chi connectivity index (χ3n) is 4.47. The zero-order valence-corrected chi connectivity index (χ0v) is 15.6. The van der Waals surface area contributed by atoms with Crippen LogP contribution in [0.1, 0.15) is 0 Å². The Bertz CT molecular complexity index is 774. The number of nitrogens with zero attached hydrogens (tertiary/aromatic N) is 3. The number of anilines is 3. The van der Waals surface area contributed by atoms with Gasteiger partial charge in [-0.25, -0.2) is 9.18 Å². The van der Waals surface area contributed by atoms with E-state index in [1.165, 1.54) is 18.2 Å². The Kier molecular flexibility index (Phi) is 5.52. The van der Waals surface area contributed by atoms with Gasteiger partial charge in [-0.3, -0.25) is 0 Å². The Morgan fingerprint density at radius 1 is 1.08 bits per heavy atom. The Morgan fingerprint density at radius 3 is 2.31 bits per heavy atom. The number of urea groups is 1. The molecule has 26 heavy (non-hydrogen) atoms. The number of nitrogens with one attached hydrogen (secondary N) is 1. The Hall–Kier alpha value is -2.47. The lowest BCUT2D eigenvalue weighted by Gasteiger charge is -2.36. The monoisotopic (exact) mass is 376 g/mol. The number of piperazine rings is 1. The van der Waals surface area contributed by atoms with Crippen molar-refractivity contribution in [2.24, 2.45) is 0 Å². The van der Waals surface area contributed by atoms with Gasteiger partial charge >= 0.3 is 6.03 Å². The van der Waals surface area contributed by atoms with Crippen LogP contribution in [0.3, 0.4) is 0 Å². The molecule has 5 nitrogen and oxygen atoms in total. The molecule has 1 saturated heterocycles. The van der Waals surface area contributed by atoms with Crippen LogP contribution in [0, 0.1) is 5.82 Å². The highest BCUT2D eigenvalue weighted by molar-refractivity contribution is 6.31. The van der Waals surface area contributed by atoms with E-state index < -0.39 is 5.82 Å². The van der Waals surface area contributed by atoms with Crippen LogP contribution < -0.4 is 15.1 Å². The summed E-state index contributed by atoms with van der Waals surface area (Å²) >= 11 is 5.75. The van der Waals surface area contributed by atoms with Crippen LogP contribution in [-0.2, 0) is 0 Å². The van der Waals surface area contributed by atoms with Crippen molar-refractivity contribution in [3.63, 3.8) is 0 Å². The van der Waals surface area contributed by atoms with E-state index in [4.69, 9.17) is 11.6 Å². The fourth-order valence-electron chi connectivity index (χ4n) is 2.91. The molecule has 0 atom stereocenters. The molecule has 138 valence electrons. The average molecular weight is 377 g/mol. The SMILES string of the molecule is CN(C)c1ccc(N2CCN(C(=O)Nc3ccc(F)c(Cl)c3)CC2)cc1. The summed E-state index contributed by atoms with van der Waals surface area (Å²) in [7, 11) is 4.03. The van der Waals surface area contributed by atoms with Gasteiger partial charge in [0.25, 0.3) is 0 Å². The van der Waals surface area contributed by atoms with Gasteiger partial charge in [0.15, 0.2) is 0 Å². The zero-order valence-electron chi connectivity index (χ0n) is 14.9. The molecule has 1 fully saturated rings. The van der Waals surface area contributed by atoms with Crippen molar-refractivity contribution >= 4 is 34.7 Å². The van der Waals surface area contributed by atoms with Crippen molar-refractivity contribution in [2.45, 2.75) is 0 Å². The van der Waals surface area contributed by atoms with Crippen molar-refractivity contribution in [3.8, 4) is 0 Å². The smallest absolute Gasteiger partial charge is 0.321 e. The first kappa shape index (κ1) is 18.3. The van der Waals surface area contributed by atoms with Gasteiger partial charge in [0.05, 0.1) is 5.02 Å². The molecule has 2 amide bonds. The summed E-state index contributed by atoms with van der Waals surface area (Å²) in [6.45, 7) is 2.77. The number of rotatable bonds is 3. The normalized spacial score (nSPS) is 14.3. The molecule has 0 aliphatic carbocycles. The number of hydrogen-bond acceptors (Lipinski definition) is 3. The molecule has 1 aliphatic heterocycles. The summed E-state index contributed by atoms with van der Waals surface area (Å²) in [5.74, 6) is -0.501. The first-order valence-electron chi connectivity index (χ1n) is 8.47. The molecule has 2 aromatic carbocycles. The standard InChI is InChI=1S/C19H22ClFN4O/c1-23(2)15-4-6-16(7-5-15)24-9-11-25(12-10-24)19(26)22-14-3-8-18(21)17(20)13-14/h3-8,13H,9-12H2,1-2H3,(H,22,26). The predicted octanol–water partition coefficient (Wildman–Crippen LogP) is 3.90. The first-order chi connectivity index (χ1) is 12.4. The van der Waals surface area contributed by atoms with E-state index in [1.54, 1.807) is 4.90 Å². The van der Waals surface area contributed by atoms with E-state index in [1.807, 2.05) is 14.1 Å². The lowest BCUT2D eigenvalue weighted by atomic mass is 10.2. The van der Waals surface area contributed by atoms with Crippen molar-refractivity contribution in [3.05, 3.63) is 53.3 Å². The highest BCUT2D eigenvalue weighted by Gasteiger charge is 2.21. The summed E-state index contributed by atoms with van der Waals surface area (Å²) < 4.78 is 13.2. The highest BCUT2D eigenvalue weighted by atomic mass is 35.5. The maximum Gasteiger partial charge on any atom is 0.321 e. The molecule has 3 rings (SSSR count). The zero-order chi connectivity index (χ0) is 18.7. The molecule has 1 aliphatic rings. The first-order valence-corrected chi connectivity index (χ1v) is 8.85. The minimum Gasteiger partial charge on any atom is -0.378 e. The van der Waals surface area contributed by atoms with Gasteiger partial charge in [0.1, 0.15) is 5.82 Å². The molecule has 0 unspecified atom stereocenters. The topological polar surface area (TPSA) is 38.8 Å². The van der Waals surface area contributed by atoms with Gasteiger partial charge < -0.3 is 20.0 Å². The second kappa shape index (κ2) is 7.83. The van der Waals surface area contributed by atoms with Gasteiger partial charge in [-0.2, -0.15) is 0 Å². The molecule has 0 aromatic heterocycles. The number of carbonyl (C=O) groups is 1. The number of hydrogen-bond donors (Lipinski definition) is 1. The summed E-state index contributed by atoms with van der Waals surface area (Å²) in [5, 5.41) is 2.76. The van der Waals surface area contributed by atoms with Crippen LogP contribution in [0.15, 0.2) is 42.5 Å². The lowest BCUT2D eigenvalue weighted by molar-refractivity contribution is 0.208. The number of amides is 2. The van der Waals surface area contributed by atoms with Crippen LogP contribution in [0.2, 0.25) is 5.02 Å². The van der Waals surface area contributed by atoms with E-state index in [-0.39, 0.29) is 11.1 Å². The Labute approximate surface area is 157 Å².